The van der Waals surface area contributed by atoms with E-state index < -0.39 is 0 Å². The molecule has 2 aliphatic heterocycles. The van der Waals surface area contributed by atoms with Gasteiger partial charge in [-0.2, -0.15) is 0 Å². The molecule has 0 aromatic carbocycles. The molecule has 2 aliphatic rings. The first-order valence-electron chi connectivity index (χ1n) is 8.98. The molecule has 0 amide bonds. The molecule has 5 nitrogen and oxygen atoms in total. The summed E-state index contributed by atoms with van der Waals surface area (Å²) in [5.74, 6) is 3.49. The van der Waals surface area contributed by atoms with Crippen molar-refractivity contribution in [3.05, 3.63) is 23.7 Å². The van der Waals surface area contributed by atoms with Crippen LogP contribution in [0.4, 0.5) is 0 Å². The Balaban J connectivity index is 0.00000208. The van der Waals surface area contributed by atoms with Gasteiger partial charge in [0.25, 0.3) is 0 Å². The zero-order valence-corrected chi connectivity index (χ0v) is 17.2. The van der Waals surface area contributed by atoms with Crippen molar-refractivity contribution in [3.63, 3.8) is 0 Å². The lowest BCUT2D eigenvalue weighted by Gasteiger charge is -2.31. The van der Waals surface area contributed by atoms with Crippen molar-refractivity contribution in [1.82, 2.24) is 9.80 Å². The van der Waals surface area contributed by atoms with Crippen molar-refractivity contribution in [1.29, 1.82) is 0 Å². The number of furan rings is 1. The highest BCUT2D eigenvalue weighted by atomic mass is 127. The second kappa shape index (κ2) is 9.08. The summed E-state index contributed by atoms with van der Waals surface area (Å²) in [6.45, 7) is 9.31. The molecule has 0 spiro atoms. The molecule has 6 heteroatoms. The quantitative estimate of drug-likeness (QED) is 0.438. The first-order valence-corrected chi connectivity index (χ1v) is 8.98. The maximum atomic E-state index is 6.25. The van der Waals surface area contributed by atoms with E-state index in [2.05, 4.69) is 22.8 Å². The average Bonchev–Trinajstić information content (AvgIpc) is 3.20. The molecule has 0 radical (unpaired) electrons. The van der Waals surface area contributed by atoms with E-state index in [9.17, 15) is 0 Å². The van der Waals surface area contributed by atoms with Gasteiger partial charge in [0.1, 0.15) is 11.5 Å². The Bertz CT molecular complexity index is 531. The Hall–Kier alpha value is -0.760. The Morgan fingerprint density at radius 3 is 2.50 bits per heavy atom. The summed E-state index contributed by atoms with van der Waals surface area (Å²) in [5, 5.41) is 0. The van der Waals surface area contributed by atoms with E-state index in [0.29, 0.717) is 12.5 Å². The summed E-state index contributed by atoms with van der Waals surface area (Å²) in [6, 6.07) is 4.35. The predicted molar refractivity (Wildman–Crippen MR) is 109 cm³/mol. The molecular formula is C18H31IN4O. The van der Waals surface area contributed by atoms with Crippen LogP contribution in [0.2, 0.25) is 0 Å². The third-order valence-electron chi connectivity index (χ3n) is 5.20. The van der Waals surface area contributed by atoms with Crippen LogP contribution in [0.5, 0.6) is 0 Å². The number of nitrogens with zero attached hydrogens (tertiary/aromatic N) is 3. The fraction of sp³-hybridized carbons (Fsp3) is 0.722. The summed E-state index contributed by atoms with van der Waals surface area (Å²) in [6.07, 6.45) is 4.95. The maximum Gasteiger partial charge on any atom is 0.191 e. The lowest BCUT2D eigenvalue weighted by Crippen LogP contribution is -2.43. The second-order valence-corrected chi connectivity index (χ2v) is 7.08. The van der Waals surface area contributed by atoms with Gasteiger partial charge in [0.15, 0.2) is 5.96 Å². The van der Waals surface area contributed by atoms with Gasteiger partial charge in [-0.15, -0.1) is 24.0 Å². The highest BCUT2D eigenvalue weighted by Crippen LogP contribution is 2.27. The molecule has 1 unspecified atom stereocenters. The van der Waals surface area contributed by atoms with Crippen LogP contribution in [0, 0.1) is 12.8 Å². The van der Waals surface area contributed by atoms with Gasteiger partial charge < -0.3 is 15.1 Å². The summed E-state index contributed by atoms with van der Waals surface area (Å²) >= 11 is 0. The Kier molecular flexibility index (Phi) is 7.40. The molecule has 1 aromatic heterocycles. The Morgan fingerprint density at radius 1 is 1.25 bits per heavy atom. The smallest absolute Gasteiger partial charge is 0.191 e. The van der Waals surface area contributed by atoms with Crippen molar-refractivity contribution in [2.75, 3.05) is 32.7 Å². The van der Waals surface area contributed by atoms with Crippen LogP contribution in [0.25, 0.3) is 0 Å². The maximum absolute atomic E-state index is 6.25. The van der Waals surface area contributed by atoms with Gasteiger partial charge in [0.2, 0.25) is 0 Å². The fourth-order valence-electron chi connectivity index (χ4n) is 3.59. The van der Waals surface area contributed by atoms with Crippen LogP contribution in [-0.4, -0.2) is 48.5 Å². The summed E-state index contributed by atoms with van der Waals surface area (Å²) in [5.41, 5.74) is 6.25. The molecule has 0 saturated carbocycles. The largest absolute Gasteiger partial charge is 0.465 e. The number of aryl methyl sites for hydroxylation is 1. The van der Waals surface area contributed by atoms with Crippen molar-refractivity contribution in [2.24, 2.45) is 16.6 Å². The third kappa shape index (κ3) is 4.88. The highest BCUT2D eigenvalue weighted by Gasteiger charge is 2.26. The van der Waals surface area contributed by atoms with Crippen LogP contribution >= 0.6 is 24.0 Å². The van der Waals surface area contributed by atoms with Crippen molar-refractivity contribution < 1.29 is 4.42 Å². The molecule has 2 saturated heterocycles. The molecule has 0 aliphatic carbocycles. The Labute approximate surface area is 162 Å². The van der Waals surface area contributed by atoms with E-state index in [1.807, 2.05) is 13.0 Å². The number of hydrogen-bond acceptors (Lipinski definition) is 3. The third-order valence-corrected chi connectivity index (χ3v) is 5.20. The number of guanidine groups is 1. The van der Waals surface area contributed by atoms with Gasteiger partial charge >= 0.3 is 0 Å². The van der Waals surface area contributed by atoms with Crippen LogP contribution in [0.3, 0.4) is 0 Å². The molecule has 1 atom stereocenters. The van der Waals surface area contributed by atoms with Gasteiger partial charge in [-0.3, -0.25) is 9.89 Å². The zero-order valence-electron chi connectivity index (χ0n) is 14.9. The minimum absolute atomic E-state index is 0. The topological polar surface area (TPSA) is 58.0 Å². The number of halogens is 1. The van der Waals surface area contributed by atoms with Gasteiger partial charge in [-0.05, 0) is 63.7 Å². The summed E-state index contributed by atoms with van der Waals surface area (Å²) in [7, 11) is 0. The number of aliphatic imine (C=N–C) groups is 1. The zero-order chi connectivity index (χ0) is 16.2. The molecular weight excluding hydrogens is 415 g/mol. The van der Waals surface area contributed by atoms with E-state index >= 15 is 0 Å². The van der Waals surface area contributed by atoms with E-state index in [4.69, 9.17) is 15.1 Å². The lowest BCUT2D eigenvalue weighted by atomic mass is 10.00. The van der Waals surface area contributed by atoms with E-state index in [1.165, 1.54) is 25.7 Å². The first kappa shape index (κ1) is 19.6. The van der Waals surface area contributed by atoms with Gasteiger partial charge in [-0.1, -0.05) is 6.92 Å². The minimum atomic E-state index is 0. The lowest BCUT2D eigenvalue weighted by molar-refractivity contribution is 0.218. The average molecular weight is 446 g/mol. The Morgan fingerprint density at radius 2 is 1.92 bits per heavy atom. The molecule has 0 bridgehead atoms. The predicted octanol–water partition coefficient (Wildman–Crippen LogP) is 3.39. The number of hydrogen-bond donors (Lipinski definition) is 1. The molecule has 136 valence electrons. The van der Waals surface area contributed by atoms with Crippen molar-refractivity contribution in [3.8, 4) is 0 Å². The van der Waals surface area contributed by atoms with Crippen LogP contribution in [-0.2, 0) is 0 Å². The van der Waals surface area contributed by atoms with Crippen molar-refractivity contribution in [2.45, 2.75) is 45.6 Å². The molecule has 2 fully saturated rings. The fourth-order valence-corrected chi connectivity index (χ4v) is 3.59. The minimum Gasteiger partial charge on any atom is -0.465 e. The molecule has 2 N–H and O–H groups in total. The summed E-state index contributed by atoms with van der Waals surface area (Å²) < 4.78 is 5.88. The number of piperidine rings is 1. The SMILES string of the molecule is Cc1ccc(C(CN=C(N)N2CCC(C)CC2)N2CCCC2)o1.I. The standard InChI is InChI=1S/C18H30N4O.HI/c1-14-7-11-22(12-8-14)18(19)20-13-16(21-9-3-4-10-21)17-6-5-15(2)23-17;/h5-6,14,16H,3-4,7-13H2,1-2H3,(H2,19,20);1H. The van der Waals surface area contributed by atoms with E-state index in [0.717, 1.165) is 43.6 Å². The monoisotopic (exact) mass is 446 g/mol. The second-order valence-electron chi connectivity index (χ2n) is 7.08. The van der Waals surface area contributed by atoms with E-state index in [1.54, 1.807) is 0 Å². The van der Waals surface area contributed by atoms with Crippen LogP contribution in [0.15, 0.2) is 21.5 Å². The van der Waals surface area contributed by atoms with Gasteiger partial charge in [0.05, 0.1) is 12.6 Å². The van der Waals surface area contributed by atoms with Crippen LogP contribution < -0.4 is 5.73 Å². The number of likely N-dealkylation sites (tertiary alicyclic amines) is 2. The molecule has 24 heavy (non-hydrogen) atoms. The van der Waals surface area contributed by atoms with Gasteiger partial charge in [0, 0.05) is 13.1 Å². The summed E-state index contributed by atoms with van der Waals surface area (Å²) in [4.78, 5) is 9.43. The molecule has 3 heterocycles. The van der Waals surface area contributed by atoms with E-state index in [-0.39, 0.29) is 30.0 Å². The highest BCUT2D eigenvalue weighted by molar-refractivity contribution is 14.0. The normalized spacial score (nSPS) is 21.8. The first-order chi connectivity index (χ1) is 11.1. The molecule has 3 rings (SSSR count). The van der Waals surface area contributed by atoms with Crippen molar-refractivity contribution >= 4 is 29.9 Å². The van der Waals surface area contributed by atoms with Crippen LogP contribution in [0.1, 0.15) is 50.2 Å². The van der Waals surface area contributed by atoms with Gasteiger partial charge in [-0.25, -0.2) is 0 Å². The molecule has 1 aromatic rings. The number of rotatable bonds is 4. The number of nitrogens with two attached hydrogens (primary N) is 1.